The van der Waals surface area contributed by atoms with Gasteiger partial charge >= 0.3 is 0 Å². The quantitative estimate of drug-likeness (QED) is 0.854. The van der Waals surface area contributed by atoms with Gasteiger partial charge < -0.3 is 9.88 Å². The van der Waals surface area contributed by atoms with Crippen molar-refractivity contribution in [2.45, 2.75) is 33.0 Å². The van der Waals surface area contributed by atoms with Gasteiger partial charge in [0.25, 0.3) is 0 Å². The molecule has 2 aromatic rings. The third kappa shape index (κ3) is 3.17. The first-order chi connectivity index (χ1) is 8.29. The van der Waals surface area contributed by atoms with Crippen LogP contribution >= 0.6 is 0 Å². The van der Waals surface area contributed by atoms with Gasteiger partial charge in [-0.05, 0) is 37.6 Å². The SMILES string of the molecule is CCn1ccc(CNC(C)c2ccccn2)c1. The highest BCUT2D eigenvalue weighted by Crippen LogP contribution is 2.09. The summed E-state index contributed by atoms with van der Waals surface area (Å²) in [6.07, 6.45) is 6.13. The van der Waals surface area contributed by atoms with E-state index >= 15 is 0 Å². The van der Waals surface area contributed by atoms with Crippen LogP contribution < -0.4 is 5.32 Å². The fourth-order valence-corrected chi connectivity index (χ4v) is 1.80. The first-order valence-corrected chi connectivity index (χ1v) is 6.08. The molecule has 1 unspecified atom stereocenters. The molecule has 0 aliphatic carbocycles. The molecule has 0 aromatic carbocycles. The largest absolute Gasteiger partial charge is 0.354 e. The van der Waals surface area contributed by atoms with E-state index in [4.69, 9.17) is 0 Å². The van der Waals surface area contributed by atoms with Crippen molar-refractivity contribution in [1.29, 1.82) is 0 Å². The van der Waals surface area contributed by atoms with Gasteiger partial charge in [0.1, 0.15) is 0 Å². The molecule has 0 radical (unpaired) electrons. The fourth-order valence-electron chi connectivity index (χ4n) is 1.80. The molecule has 17 heavy (non-hydrogen) atoms. The van der Waals surface area contributed by atoms with Crippen LogP contribution in [0.2, 0.25) is 0 Å². The van der Waals surface area contributed by atoms with Gasteiger partial charge in [0, 0.05) is 37.7 Å². The zero-order valence-electron chi connectivity index (χ0n) is 10.4. The van der Waals surface area contributed by atoms with Crippen molar-refractivity contribution in [1.82, 2.24) is 14.9 Å². The highest BCUT2D eigenvalue weighted by atomic mass is 15.0. The van der Waals surface area contributed by atoms with E-state index < -0.39 is 0 Å². The van der Waals surface area contributed by atoms with Crippen LogP contribution in [0.15, 0.2) is 42.9 Å². The lowest BCUT2D eigenvalue weighted by molar-refractivity contribution is 0.561. The van der Waals surface area contributed by atoms with Gasteiger partial charge in [0.15, 0.2) is 0 Å². The minimum atomic E-state index is 0.279. The molecule has 2 heterocycles. The molecule has 1 atom stereocenters. The number of nitrogens with one attached hydrogen (secondary N) is 1. The number of hydrogen-bond donors (Lipinski definition) is 1. The van der Waals surface area contributed by atoms with Crippen LogP contribution in [0.1, 0.15) is 31.1 Å². The van der Waals surface area contributed by atoms with Crippen molar-refractivity contribution in [3.63, 3.8) is 0 Å². The zero-order valence-corrected chi connectivity index (χ0v) is 10.4. The first kappa shape index (κ1) is 11.9. The first-order valence-electron chi connectivity index (χ1n) is 6.08. The van der Waals surface area contributed by atoms with Gasteiger partial charge in [-0.25, -0.2) is 0 Å². The summed E-state index contributed by atoms with van der Waals surface area (Å²) in [4.78, 5) is 4.34. The molecule has 0 saturated carbocycles. The van der Waals surface area contributed by atoms with Crippen molar-refractivity contribution in [2.24, 2.45) is 0 Å². The van der Waals surface area contributed by atoms with E-state index in [9.17, 15) is 0 Å². The second-order valence-corrected chi connectivity index (χ2v) is 4.21. The second-order valence-electron chi connectivity index (χ2n) is 4.21. The second kappa shape index (κ2) is 5.64. The lowest BCUT2D eigenvalue weighted by atomic mass is 10.2. The minimum Gasteiger partial charge on any atom is -0.354 e. The Labute approximate surface area is 103 Å². The Hall–Kier alpha value is -1.61. The standard InChI is InChI=1S/C14H19N3/c1-3-17-9-7-13(11-17)10-16-12(2)14-6-4-5-8-15-14/h4-9,11-12,16H,3,10H2,1-2H3. The summed E-state index contributed by atoms with van der Waals surface area (Å²) in [7, 11) is 0. The average molecular weight is 229 g/mol. The molecule has 0 fully saturated rings. The monoisotopic (exact) mass is 229 g/mol. The maximum absolute atomic E-state index is 4.34. The molecule has 0 aliphatic heterocycles. The van der Waals surface area contributed by atoms with Crippen LogP contribution in [0.5, 0.6) is 0 Å². The lowest BCUT2D eigenvalue weighted by Crippen LogP contribution is -2.18. The highest BCUT2D eigenvalue weighted by Gasteiger charge is 2.05. The average Bonchev–Trinajstić information content (AvgIpc) is 2.85. The predicted octanol–water partition coefficient (Wildman–Crippen LogP) is 2.75. The number of hydrogen-bond acceptors (Lipinski definition) is 2. The number of aryl methyl sites for hydroxylation is 1. The highest BCUT2D eigenvalue weighted by molar-refractivity contribution is 5.12. The van der Waals surface area contributed by atoms with Crippen molar-refractivity contribution in [2.75, 3.05) is 0 Å². The van der Waals surface area contributed by atoms with E-state index in [-0.39, 0.29) is 6.04 Å². The molecule has 0 amide bonds. The van der Waals surface area contributed by atoms with Gasteiger partial charge in [-0.3, -0.25) is 4.98 Å². The third-order valence-corrected chi connectivity index (χ3v) is 2.92. The molecule has 0 aliphatic rings. The summed E-state index contributed by atoms with van der Waals surface area (Å²) >= 11 is 0. The Morgan fingerprint density at radius 3 is 2.88 bits per heavy atom. The van der Waals surface area contributed by atoms with E-state index in [0.717, 1.165) is 18.8 Å². The lowest BCUT2D eigenvalue weighted by Gasteiger charge is -2.12. The van der Waals surface area contributed by atoms with Crippen LogP contribution in [-0.2, 0) is 13.1 Å². The molecular formula is C14H19N3. The molecule has 0 spiro atoms. The molecule has 2 aromatic heterocycles. The topological polar surface area (TPSA) is 29.9 Å². The number of rotatable bonds is 5. The summed E-state index contributed by atoms with van der Waals surface area (Å²) in [5.74, 6) is 0. The molecule has 0 bridgehead atoms. The van der Waals surface area contributed by atoms with E-state index in [1.165, 1.54) is 5.56 Å². The summed E-state index contributed by atoms with van der Waals surface area (Å²) in [5, 5.41) is 3.48. The normalized spacial score (nSPS) is 12.6. The summed E-state index contributed by atoms with van der Waals surface area (Å²) in [6, 6.07) is 8.45. The van der Waals surface area contributed by atoms with Crippen molar-refractivity contribution < 1.29 is 0 Å². The van der Waals surface area contributed by atoms with Crippen LogP contribution in [0.25, 0.3) is 0 Å². The van der Waals surface area contributed by atoms with Crippen LogP contribution in [-0.4, -0.2) is 9.55 Å². The maximum atomic E-state index is 4.34. The molecule has 3 nitrogen and oxygen atoms in total. The van der Waals surface area contributed by atoms with Gasteiger partial charge in [0.05, 0.1) is 5.69 Å². The van der Waals surface area contributed by atoms with Gasteiger partial charge in [0.2, 0.25) is 0 Å². The van der Waals surface area contributed by atoms with Crippen LogP contribution in [0, 0.1) is 0 Å². The summed E-state index contributed by atoms with van der Waals surface area (Å²) < 4.78 is 2.18. The van der Waals surface area contributed by atoms with Crippen molar-refractivity contribution in [3.8, 4) is 0 Å². The Morgan fingerprint density at radius 2 is 2.24 bits per heavy atom. The van der Waals surface area contributed by atoms with Gasteiger partial charge in [-0.1, -0.05) is 6.07 Å². The Bertz CT molecular complexity index is 448. The predicted molar refractivity (Wildman–Crippen MR) is 69.6 cm³/mol. The van der Waals surface area contributed by atoms with E-state index in [2.05, 4.69) is 53.2 Å². The summed E-state index contributed by atoms with van der Waals surface area (Å²) in [6.45, 7) is 6.19. The Balaban J connectivity index is 1.90. The molecule has 0 saturated heterocycles. The van der Waals surface area contributed by atoms with Crippen LogP contribution in [0.4, 0.5) is 0 Å². The number of pyridine rings is 1. The van der Waals surface area contributed by atoms with Crippen LogP contribution in [0.3, 0.4) is 0 Å². The van der Waals surface area contributed by atoms with Crippen molar-refractivity contribution in [3.05, 3.63) is 54.1 Å². The molecule has 2 rings (SSSR count). The molecule has 1 N–H and O–H groups in total. The Morgan fingerprint density at radius 1 is 1.35 bits per heavy atom. The number of aromatic nitrogens is 2. The van der Waals surface area contributed by atoms with E-state index in [1.54, 1.807) is 0 Å². The van der Waals surface area contributed by atoms with E-state index in [1.807, 2.05) is 18.3 Å². The minimum absolute atomic E-state index is 0.279. The van der Waals surface area contributed by atoms with Gasteiger partial charge in [-0.15, -0.1) is 0 Å². The molecular weight excluding hydrogens is 210 g/mol. The fraction of sp³-hybridized carbons (Fsp3) is 0.357. The number of nitrogens with zero attached hydrogens (tertiary/aromatic N) is 2. The van der Waals surface area contributed by atoms with Gasteiger partial charge in [-0.2, -0.15) is 0 Å². The molecule has 3 heteroatoms. The summed E-state index contributed by atoms with van der Waals surface area (Å²) in [5.41, 5.74) is 2.40. The maximum Gasteiger partial charge on any atom is 0.0570 e. The smallest absolute Gasteiger partial charge is 0.0570 e. The third-order valence-electron chi connectivity index (χ3n) is 2.92. The Kier molecular flexibility index (Phi) is 3.94. The van der Waals surface area contributed by atoms with E-state index in [0.29, 0.717) is 0 Å². The van der Waals surface area contributed by atoms with Crippen molar-refractivity contribution >= 4 is 0 Å². The molecule has 90 valence electrons. The zero-order chi connectivity index (χ0) is 12.1.